The van der Waals surface area contributed by atoms with Crippen LogP contribution in [-0.4, -0.2) is 38.5 Å². The molecule has 1 aliphatic rings. The van der Waals surface area contributed by atoms with Crippen molar-refractivity contribution in [1.29, 1.82) is 0 Å². The summed E-state index contributed by atoms with van der Waals surface area (Å²) in [5.74, 6) is 0. The largest absolute Gasteiger partial charge is 0.374 e. The summed E-state index contributed by atoms with van der Waals surface area (Å²) in [5.41, 5.74) is 0.771. The maximum Gasteiger partial charge on any atom is 0.210 e. The van der Waals surface area contributed by atoms with Crippen molar-refractivity contribution in [2.24, 2.45) is 4.99 Å². The predicted octanol–water partition coefficient (Wildman–Crippen LogP) is -0.0846. The molecule has 0 saturated carbocycles. The summed E-state index contributed by atoms with van der Waals surface area (Å²) in [5, 5.41) is 1.20. The minimum atomic E-state index is -2.09. The van der Waals surface area contributed by atoms with Crippen LogP contribution in [0.15, 0.2) is 16.9 Å². The molecule has 1 rings (SSSR count). The van der Waals surface area contributed by atoms with Gasteiger partial charge in [0.1, 0.15) is 0 Å². The molecule has 0 aromatic carbocycles. The zero-order valence-corrected chi connectivity index (χ0v) is 7.58. The molecular formula is C7H10N2O2S. The molecule has 0 aromatic heterocycles. The lowest BCUT2D eigenvalue weighted by Crippen LogP contribution is -2.17. The van der Waals surface area contributed by atoms with Crippen LogP contribution in [-0.2, 0) is 10.3 Å². The zero-order valence-electron chi connectivity index (χ0n) is 6.77. The maximum absolute atomic E-state index is 10.2. The number of rotatable bonds is 2. The molecule has 1 heterocycles. The van der Waals surface area contributed by atoms with Crippen LogP contribution in [0.5, 0.6) is 0 Å². The fourth-order valence-corrected chi connectivity index (χ4v) is 1.19. The first-order valence-corrected chi connectivity index (χ1v) is 4.67. The van der Waals surface area contributed by atoms with E-state index in [0.29, 0.717) is 6.42 Å². The second-order valence-electron chi connectivity index (χ2n) is 2.50. The third-order valence-electron chi connectivity index (χ3n) is 1.42. The topological polar surface area (TPSA) is 49.7 Å². The Morgan fingerprint density at radius 1 is 1.75 bits per heavy atom. The van der Waals surface area contributed by atoms with Crippen LogP contribution in [0, 0.1) is 0 Å². The third-order valence-corrected chi connectivity index (χ3v) is 1.86. The minimum Gasteiger partial charge on any atom is -0.374 e. The van der Waals surface area contributed by atoms with Crippen molar-refractivity contribution in [2.75, 3.05) is 13.6 Å². The van der Waals surface area contributed by atoms with E-state index in [9.17, 15) is 8.42 Å². The van der Waals surface area contributed by atoms with Gasteiger partial charge in [0, 0.05) is 31.3 Å². The highest BCUT2D eigenvalue weighted by atomic mass is 32.2. The molecule has 0 aromatic rings. The molecule has 0 bridgehead atoms. The van der Waals surface area contributed by atoms with E-state index in [0.717, 1.165) is 12.2 Å². The SMILES string of the molecule is CN1C=C(CC=S(=O)=O)N=CC1. The van der Waals surface area contributed by atoms with E-state index in [1.807, 2.05) is 18.1 Å². The van der Waals surface area contributed by atoms with E-state index >= 15 is 0 Å². The molecule has 0 N–H and O–H groups in total. The summed E-state index contributed by atoms with van der Waals surface area (Å²) in [6, 6.07) is 0. The van der Waals surface area contributed by atoms with Crippen LogP contribution in [0.3, 0.4) is 0 Å². The quantitative estimate of drug-likeness (QED) is 0.566. The Kier molecular flexibility index (Phi) is 3.04. The second kappa shape index (κ2) is 4.06. The van der Waals surface area contributed by atoms with Gasteiger partial charge in [0.2, 0.25) is 10.3 Å². The van der Waals surface area contributed by atoms with Crippen molar-refractivity contribution in [1.82, 2.24) is 4.90 Å². The Bertz CT molecular complexity index is 332. The highest BCUT2D eigenvalue weighted by Crippen LogP contribution is 2.05. The number of hydrogen-bond donors (Lipinski definition) is 0. The summed E-state index contributed by atoms with van der Waals surface area (Å²) in [7, 11) is -0.171. The standard InChI is InChI=1S/C7H10N2O2S/c1-9-4-3-8-7(6-9)2-5-12(10)11/h3,5-6H,2,4H2,1H3. The van der Waals surface area contributed by atoms with Gasteiger partial charge < -0.3 is 4.90 Å². The van der Waals surface area contributed by atoms with Crippen molar-refractivity contribution in [3.63, 3.8) is 0 Å². The van der Waals surface area contributed by atoms with Crippen molar-refractivity contribution in [3.05, 3.63) is 11.9 Å². The molecule has 0 amide bonds. The number of hydrogen-bond acceptors (Lipinski definition) is 4. The lowest BCUT2D eigenvalue weighted by molar-refractivity contribution is 0.515. The molecule has 0 aliphatic carbocycles. The second-order valence-corrected chi connectivity index (χ2v) is 3.36. The molecular weight excluding hydrogens is 176 g/mol. The first-order chi connectivity index (χ1) is 5.68. The van der Waals surface area contributed by atoms with Crippen LogP contribution < -0.4 is 0 Å². The van der Waals surface area contributed by atoms with Crippen molar-refractivity contribution >= 4 is 21.9 Å². The van der Waals surface area contributed by atoms with Crippen LogP contribution >= 0.6 is 0 Å². The number of aliphatic imine (C=N–C) groups is 1. The minimum absolute atomic E-state index is 0.372. The number of allylic oxidation sites excluding steroid dienone is 1. The van der Waals surface area contributed by atoms with E-state index in [-0.39, 0.29) is 0 Å². The van der Waals surface area contributed by atoms with E-state index in [1.54, 1.807) is 6.21 Å². The Morgan fingerprint density at radius 3 is 3.08 bits per heavy atom. The molecule has 0 radical (unpaired) electrons. The Morgan fingerprint density at radius 2 is 2.50 bits per heavy atom. The Labute approximate surface area is 72.7 Å². The normalized spacial score (nSPS) is 15.8. The molecule has 1 aliphatic heterocycles. The summed E-state index contributed by atoms with van der Waals surface area (Å²) < 4.78 is 20.4. The highest BCUT2D eigenvalue weighted by molar-refractivity contribution is 7.71. The van der Waals surface area contributed by atoms with Gasteiger partial charge in [0.15, 0.2) is 0 Å². The fraction of sp³-hybridized carbons (Fsp3) is 0.429. The van der Waals surface area contributed by atoms with Crippen molar-refractivity contribution in [2.45, 2.75) is 6.42 Å². The Balaban J connectivity index is 2.64. The van der Waals surface area contributed by atoms with Gasteiger partial charge in [-0.05, 0) is 0 Å². The van der Waals surface area contributed by atoms with Gasteiger partial charge >= 0.3 is 0 Å². The molecule has 12 heavy (non-hydrogen) atoms. The van der Waals surface area contributed by atoms with Crippen LogP contribution in [0.1, 0.15) is 6.42 Å². The first kappa shape index (κ1) is 8.99. The predicted molar refractivity (Wildman–Crippen MR) is 48.8 cm³/mol. The lowest BCUT2D eigenvalue weighted by Gasteiger charge is -2.15. The Hall–Kier alpha value is -1.10. The average molecular weight is 186 g/mol. The van der Waals surface area contributed by atoms with Crippen LogP contribution in [0.2, 0.25) is 0 Å². The van der Waals surface area contributed by atoms with Gasteiger partial charge in [-0.3, -0.25) is 4.99 Å². The number of nitrogens with zero attached hydrogens (tertiary/aromatic N) is 2. The first-order valence-electron chi connectivity index (χ1n) is 3.53. The molecule has 66 valence electrons. The van der Waals surface area contributed by atoms with E-state index in [1.165, 1.54) is 5.37 Å². The third kappa shape index (κ3) is 2.87. The van der Waals surface area contributed by atoms with E-state index in [4.69, 9.17) is 0 Å². The summed E-state index contributed by atoms with van der Waals surface area (Å²) in [6.45, 7) is 0.782. The highest BCUT2D eigenvalue weighted by Gasteiger charge is 1.99. The molecule has 5 heteroatoms. The van der Waals surface area contributed by atoms with E-state index < -0.39 is 10.3 Å². The fourth-order valence-electron chi connectivity index (χ4n) is 0.886. The molecule has 0 spiro atoms. The van der Waals surface area contributed by atoms with Crippen LogP contribution in [0.4, 0.5) is 0 Å². The summed E-state index contributed by atoms with van der Waals surface area (Å²) >= 11 is 0. The molecule has 4 nitrogen and oxygen atoms in total. The smallest absolute Gasteiger partial charge is 0.210 e. The average Bonchev–Trinajstić information content (AvgIpc) is 2.01. The molecule has 0 fully saturated rings. The van der Waals surface area contributed by atoms with Gasteiger partial charge in [-0.15, -0.1) is 0 Å². The zero-order chi connectivity index (χ0) is 8.97. The van der Waals surface area contributed by atoms with Crippen LogP contribution in [0.25, 0.3) is 0 Å². The van der Waals surface area contributed by atoms with Gasteiger partial charge in [0.05, 0.1) is 12.2 Å². The van der Waals surface area contributed by atoms with Gasteiger partial charge in [0.25, 0.3) is 0 Å². The molecule has 0 atom stereocenters. The van der Waals surface area contributed by atoms with Crippen molar-refractivity contribution < 1.29 is 8.42 Å². The van der Waals surface area contributed by atoms with Gasteiger partial charge in [-0.2, -0.15) is 8.42 Å². The molecule has 0 unspecified atom stereocenters. The van der Waals surface area contributed by atoms with E-state index in [2.05, 4.69) is 4.99 Å². The molecule has 0 saturated heterocycles. The summed E-state index contributed by atoms with van der Waals surface area (Å²) in [4.78, 5) is 5.99. The summed E-state index contributed by atoms with van der Waals surface area (Å²) in [6.07, 6.45) is 3.97. The van der Waals surface area contributed by atoms with Crippen molar-refractivity contribution in [3.8, 4) is 0 Å². The lowest BCUT2D eigenvalue weighted by atomic mass is 10.3. The van der Waals surface area contributed by atoms with Gasteiger partial charge in [-0.25, -0.2) is 0 Å². The maximum atomic E-state index is 10.2. The van der Waals surface area contributed by atoms with Gasteiger partial charge in [-0.1, -0.05) is 0 Å². The monoisotopic (exact) mass is 186 g/mol.